The second-order valence-electron chi connectivity index (χ2n) is 8.29. The van der Waals surface area contributed by atoms with E-state index in [1.807, 2.05) is 0 Å². The zero-order valence-corrected chi connectivity index (χ0v) is 17.6. The number of nitro benzene ring substituents is 1. The number of halogens is 9. The Kier molecular flexibility index (Phi) is 6.42. The maximum Gasteiger partial charge on any atom is 0.419 e. The fourth-order valence-corrected chi connectivity index (χ4v) is 6.87. The van der Waals surface area contributed by atoms with Crippen molar-refractivity contribution in [3.05, 3.63) is 39.4 Å². The van der Waals surface area contributed by atoms with Crippen LogP contribution in [0.5, 0.6) is 0 Å². The second-order valence-corrected chi connectivity index (χ2v) is 10.1. The monoisotopic (exact) mass is 529 g/mol. The van der Waals surface area contributed by atoms with Crippen LogP contribution in [-0.4, -0.2) is 30.4 Å². The quantitative estimate of drug-likeness (QED) is 0.203. The van der Waals surface area contributed by atoms with Crippen LogP contribution in [0.2, 0.25) is 0 Å². The van der Waals surface area contributed by atoms with Gasteiger partial charge >= 0.3 is 18.5 Å². The molecule has 0 amide bonds. The van der Waals surface area contributed by atoms with E-state index >= 15 is 0 Å². The van der Waals surface area contributed by atoms with Gasteiger partial charge in [0.1, 0.15) is 0 Å². The number of nitrogens with zero attached hydrogens (tertiary/aromatic N) is 1. The van der Waals surface area contributed by atoms with Gasteiger partial charge in [0.2, 0.25) is 0 Å². The van der Waals surface area contributed by atoms with E-state index in [9.17, 15) is 58.0 Å². The molecule has 3 rings (SSSR count). The molecule has 1 aromatic carbocycles. The summed E-state index contributed by atoms with van der Waals surface area (Å²) in [5, 5.41) is 11.1. The highest BCUT2D eigenvalue weighted by Crippen LogP contribution is 2.63. The normalized spacial score (nSPS) is 24.0. The Morgan fingerprint density at radius 3 is 1.97 bits per heavy atom. The molecule has 3 atom stereocenters. The van der Waals surface area contributed by atoms with E-state index in [0.29, 0.717) is 18.6 Å². The predicted molar refractivity (Wildman–Crippen MR) is 95.6 cm³/mol. The van der Waals surface area contributed by atoms with Gasteiger partial charge in [-0.25, -0.2) is 0 Å². The van der Waals surface area contributed by atoms with Gasteiger partial charge in [-0.1, -0.05) is 12.5 Å². The summed E-state index contributed by atoms with van der Waals surface area (Å²) in [5.74, 6) is -4.28. The van der Waals surface area contributed by atoms with Gasteiger partial charge in [0, 0.05) is 12.0 Å². The topological polar surface area (TPSA) is 86.5 Å². The van der Waals surface area contributed by atoms with Crippen molar-refractivity contribution in [3.63, 3.8) is 0 Å². The lowest BCUT2D eigenvalue weighted by Crippen LogP contribution is -2.67. The average Bonchev–Trinajstić information content (AvgIpc) is 3.26. The highest BCUT2D eigenvalue weighted by Gasteiger charge is 2.83. The molecule has 2 saturated carbocycles. The highest BCUT2D eigenvalue weighted by atomic mass is 32.2. The van der Waals surface area contributed by atoms with Crippen LogP contribution in [0.25, 0.3) is 0 Å². The first-order valence-corrected chi connectivity index (χ1v) is 11.1. The summed E-state index contributed by atoms with van der Waals surface area (Å²) in [6.07, 6.45) is -18.8. The van der Waals surface area contributed by atoms with Gasteiger partial charge in [0.15, 0.2) is 0 Å². The minimum absolute atomic E-state index is 0.0591. The van der Waals surface area contributed by atoms with E-state index in [1.54, 1.807) is 0 Å². The molecule has 2 aliphatic rings. The molecule has 0 saturated heterocycles. The van der Waals surface area contributed by atoms with Crippen LogP contribution >= 0.6 is 0 Å². The van der Waals surface area contributed by atoms with Crippen LogP contribution < -0.4 is 0 Å². The Hall–Kier alpha value is -2.10. The Balaban J connectivity index is 2.13. The van der Waals surface area contributed by atoms with Crippen molar-refractivity contribution in [3.8, 4) is 0 Å². The van der Waals surface area contributed by atoms with Crippen molar-refractivity contribution in [2.24, 2.45) is 17.8 Å². The lowest BCUT2D eigenvalue weighted by molar-refractivity contribution is -0.386. The number of nitro groups is 1. The van der Waals surface area contributed by atoms with Gasteiger partial charge in [-0.15, -0.1) is 0 Å². The third kappa shape index (κ3) is 4.12. The first-order chi connectivity index (χ1) is 15.3. The first-order valence-electron chi connectivity index (χ1n) is 9.70. The second kappa shape index (κ2) is 8.24. The van der Waals surface area contributed by atoms with E-state index in [0.717, 1.165) is 0 Å². The van der Waals surface area contributed by atoms with Crippen LogP contribution in [-0.2, 0) is 27.1 Å². The fourth-order valence-electron chi connectivity index (χ4n) is 5.19. The molecule has 0 heterocycles. The third-order valence-electron chi connectivity index (χ3n) is 6.51. The maximum absolute atomic E-state index is 14.1. The molecule has 6 nitrogen and oxygen atoms in total. The molecule has 2 bridgehead atoms. The molecule has 3 unspecified atom stereocenters. The zero-order valence-electron chi connectivity index (χ0n) is 16.8. The third-order valence-corrected chi connectivity index (χ3v) is 8.49. The van der Waals surface area contributed by atoms with Crippen LogP contribution in [0.3, 0.4) is 0 Å². The SMILES string of the molecule is O=[N+]([O-])c1cccc(C(F)(F)F)c1COS(=O)(=O)C(C1CC2CCC1C2)(C(F)(F)F)C(F)(F)F. The standard InChI is InChI=1S/C18H16F9NO5S/c19-16(20,21)12-2-1-3-14(28(29)30)11(12)8-33-34(31,32)15(17(22,23)24,18(25,26)27)13-7-9-4-5-10(13)6-9/h1-3,9-10,13H,4-8H2. The Morgan fingerprint density at radius 1 is 0.971 bits per heavy atom. The first kappa shape index (κ1) is 26.5. The fraction of sp³-hybridized carbons (Fsp3) is 0.667. The Bertz CT molecular complexity index is 1050. The van der Waals surface area contributed by atoms with Gasteiger partial charge in [-0.05, 0) is 37.2 Å². The number of fused-ring (bicyclic) bond motifs is 2. The molecule has 16 heteroatoms. The summed E-state index contributed by atoms with van der Waals surface area (Å²) in [7, 11) is -6.75. The molecular formula is C18H16F9NO5S. The van der Waals surface area contributed by atoms with E-state index in [2.05, 4.69) is 4.18 Å². The van der Waals surface area contributed by atoms with E-state index in [4.69, 9.17) is 0 Å². The van der Waals surface area contributed by atoms with E-state index in [1.165, 1.54) is 0 Å². The van der Waals surface area contributed by atoms with Crippen molar-refractivity contribution in [2.75, 3.05) is 0 Å². The van der Waals surface area contributed by atoms with Gasteiger partial charge in [0.05, 0.1) is 22.7 Å². The van der Waals surface area contributed by atoms with Crippen LogP contribution in [0.4, 0.5) is 45.2 Å². The summed E-state index contributed by atoms with van der Waals surface area (Å²) in [6.45, 7) is -2.05. The smallest absolute Gasteiger partial charge is 0.264 e. The summed E-state index contributed by atoms with van der Waals surface area (Å²) in [4.78, 5) is 9.72. The van der Waals surface area contributed by atoms with Crippen LogP contribution in [0, 0.1) is 27.9 Å². The summed E-state index contributed by atoms with van der Waals surface area (Å²) in [6, 6.07) is 1.32. The van der Waals surface area contributed by atoms with Gasteiger partial charge in [-0.3, -0.25) is 14.3 Å². The molecule has 0 radical (unpaired) electrons. The van der Waals surface area contributed by atoms with Crippen molar-refractivity contribution < 1.29 is 57.0 Å². The van der Waals surface area contributed by atoms with Gasteiger partial charge in [0.25, 0.3) is 20.6 Å². The number of hydrogen-bond donors (Lipinski definition) is 0. The minimum atomic E-state index is -6.75. The maximum atomic E-state index is 14.1. The number of hydrogen-bond acceptors (Lipinski definition) is 5. The molecule has 192 valence electrons. The largest absolute Gasteiger partial charge is 0.419 e. The summed E-state index contributed by atoms with van der Waals surface area (Å²) >= 11 is 0. The predicted octanol–water partition coefficient (Wildman–Crippen LogP) is 5.76. The molecule has 0 aliphatic heterocycles. The van der Waals surface area contributed by atoms with Crippen molar-refractivity contribution in [2.45, 2.75) is 55.6 Å². The Morgan fingerprint density at radius 2 is 1.56 bits per heavy atom. The number of rotatable bonds is 6. The van der Waals surface area contributed by atoms with Gasteiger partial charge < -0.3 is 0 Å². The molecule has 2 fully saturated rings. The highest BCUT2D eigenvalue weighted by molar-refractivity contribution is 7.88. The summed E-state index contributed by atoms with van der Waals surface area (Å²) < 4.78 is 148. The van der Waals surface area contributed by atoms with E-state index < -0.39 is 85.9 Å². The number of alkyl halides is 9. The zero-order chi connectivity index (χ0) is 25.9. The lowest BCUT2D eigenvalue weighted by atomic mass is 9.77. The van der Waals surface area contributed by atoms with Crippen molar-refractivity contribution in [1.29, 1.82) is 0 Å². The molecule has 34 heavy (non-hydrogen) atoms. The Labute approximate surface area is 186 Å². The van der Waals surface area contributed by atoms with Gasteiger partial charge in [-0.2, -0.15) is 47.9 Å². The lowest BCUT2D eigenvalue weighted by Gasteiger charge is -2.43. The molecule has 2 aliphatic carbocycles. The molecule has 0 aromatic heterocycles. The van der Waals surface area contributed by atoms with Crippen LogP contribution in [0.1, 0.15) is 36.8 Å². The van der Waals surface area contributed by atoms with Crippen molar-refractivity contribution >= 4 is 15.8 Å². The van der Waals surface area contributed by atoms with Crippen molar-refractivity contribution in [1.82, 2.24) is 0 Å². The summed E-state index contributed by atoms with van der Waals surface area (Å²) in [5.41, 5.74) is -4.73. The molecular weight excluding hydrogens is 513 g/mol. The average molecular weight is 529 g/mol. The van der Waals surface area contributed by atoms with Crippen LogP contribution in [0.15, 0.2) is 18.2 Å². The number of benzene rings is 1. The molecule has 1 aromatic rings. The molecule has 0 N–H and O–H groups in total. The van der Waals surface area contributed by atoms with E-state index in [-0.39, 0.29) is 18.9 Å². The molecule has 0 spiro atoms. The minimum Gasteiger partial charge on any atom is -0.264 e.